The van der Waals surface area contributed by atoms with Crippen LogP contribution in [-0.4, -0.2) is 35.5 Å². The van der Waals surface area contributed by atoms with E-state index in [-0.39, 0.29) is 30.4 Å². The number of likely N-dealkylation sites (tertiary alicyclic amines) is 1. The molecule has 1 saturated heterocycles. The van der Waals surface area contributed by atoms with Gasteiger partial charge in [-0.1, -0.05) is 12.2 Å². The number of ether oxygens (including phenoxy) is 2. The second kappa shape index (κ2) is 5.91. The first-order valence-corrected chi connectivity index (χ1v) is 8.28. The molecule has 3 amide bonds. The molecule has 3 atom stereocenters. The van der Waals surface area contributed by atoms with Gasteiger partial charge in [-0.2, -0.15) is 0 Å². The van der Waals surface area contributed by atoms with Gasteiger partial charge in [-0.05, 0) is 31.9 Å². The number of fused-ring (bicyclic) bond motifs is 2. The average molecular weight is 342 g/mol. The highest BCUT2D eigenvalue weighted by Gasteiger charge is 2.50. The molecule has 0 radical (unpaired) electrons. The Morgan fingerprint density at radius 1 is 1.12 bits per heavy atom. The molecule has 0 saturated carbocycles. The van der Waals surface area contributed by atoms with Crippen molar-refractivity contribution in [3.63, 3.8) is 0 Å². The lowest BCUT2D eigenvalue weighted by atomic mass is 9.85. The molecule has 4 rings (SSSR count). The molecule has 1 aromatic rings. The van der Waals surface area contributed by atoms with Crippen LogP contribution in [0.5, 0.6) is 11.5 Å². The van der Waals surface area contributed by atoms with Gasteiger partial charge in [-0.15, -0.1) is 0 Å². The lowest BCUT2D eigenvalue weighted by Crippen LogP contribution is -2.46. The Labute approximate surface area is 144 Å². The normalized spacial score (nSPS) is 25.1. The van der Waals surface area contributed by atoms with Crippen molar-refractivity contribution in [2.75, 3.05) is 12.1 Å². The van der Waals surface area contributed by atoms with E-state index in [2.05, 4.69) is 5.32 Å². The molecule has 1 fully saturated rings. The maximum atomic E-state index is 12.6. The van der Waals surface area contributed by atoms with Crippen LogP contribution in [0.15, 0.2) is 30.4 Å². The van der Waals surface area contributed by atoms with Crippen molar-refractivity contribution in [2.24, 2.45) is 11.8 Å². The van der Waals surface area contributed by atoms with E-state index in [1.165, 1.54) is 0 Å². The molecule has 2 aliphatic heterocycles. The van der Waals surface area contributed by atoms with Gasteiger partial charge in [-0.3, -0.25) is 19.3 Å². The van der Waals surface area contributed by atoms with Crippen LogP contribution in [0, 0.1) is 11.8 Å². The van der Waals surface area contributed by atoms with Gasteiger partial charge in [0.15, 0.2) is 11.5 Å². The van der Waals surface area contributed by atoms with E-state index in [9.17, 15) is 14.4 Å². The summed E-state index contributed by atoms with van der Waals surface area (Å²) in [5, 5.41) is 2.73. The minimum absolute atomic E-state index is 0.150. The Kier molecular flexibility index (Phi) is 3.71. The van der Waals surface area contributed by atoms with Crippen LogP contribution in [0.1, 0.15) is 19.8 Å². The maximum absolute atomic E-state index is 12.6. The number of nitrogens with one attached hydrogen (secondary N) is 1. The first kappa shape index (κ1) is 15.7. The van der Waals surface area contributed by atoms with Gasteiger partial charge in [0.2, 0.25) is 24.5 Å². The van der Waals surface area contributed by atoms with Crippen LogP contribution >= 0.6 is 0 Å². The van der Waals surface area contributed by atoms with Crippen molar-refractivity contribution < 1.29 is 23.9 Å². The first-order valence-electron chi connectivity index (χ1n) is 8.28. The van der Waals surface area contributed by atoms with E-state index in [1.807, 2.05) is 12.2 Å². The lowest BCUT2D eigenvalue weighted by Gasteiger charge is -2.22. The number of hydrogen-bond acceptors (Lipinski definition) is 5. The molecule has 1 aliphatic carbocycles. The number of anilines is 1. The van der Waals surface area contributed by atoms with Crippen LogP contribution in [0.4, 0.5) is 5.69 Å². The third-order valence-corrected chi connectivity index (χ3v) is 4.95. The summed E-state index contributed by atoms with van der Waals surface area (Å²) >= 11 is 0. The zero-order valence-electron chi connectivity index (χ0n) is 13.7. The van der Waals surface area contributed by atoms with Gasteiger partial charge >= 0.3 is 0 Å². The molecule has 0 unspecified atom stereocenters. The summed E-state index contributed by atoms with van der Waals surface area (Å²) in [6.45, 7) is 1.72. The molecular weight excluding hydrogens is 324 g/mol. The second-order valence-electron chi connectivity index (χ2n) is 6.44. The molecule has 3 aliphatic rings. The van der Waals surface area contributed by atoms with Gasteiger partial charge in [0.25, 0.3) is 0 Å². The standard InChI is InChI=1S/C18H18N2O5/c1-10(20-17(22)12-4-2-3-5-13(12)18(20)23)16(21)19-11-6-7-14-15(8-11)25-9-24-14/h2-3,6-8,10,12-13H,4-5,9H2,1H3,(H,19,21)/t10-,12-,13-/m0/s1. The van der Waals surface area contributed by atoms with E-state index in [1.54, 1.807) is 25.1 Å². The molecule has 7 nitrogen and oxygen atoms in total. The van der Waals surface area contributed by atoms with Crippen LogP contribution < -0.4 is 14.8 Å². The summed E-state index contributed by atoms with van der Waals surface area (Å²) in [5.74, 6) is -0.424. The molecule has 1 aromatic carbocycles. The molecule has 25 heavy (non-hydrogen) atoms. The number of nitrogens with zero attached hydrogens (tertiary/aromatic N) is 1. The lowest BCUT2D eigenvalue weighted by molar-refractivity contribution is -0.146. The third-order valence-electron chi connectivity index (χ3n) is 4.95. The quantitative estimate of drug-likeness (QED) is 0.667. The smallest absolute Gasteiger partial charge is 0.247 e. The fraction of sp³-hybridized carbons (Fsp3) is 0.389. The zero-order chi connectivity index (χ0) is 17.6. The van der Waals surface area contributed by atoms with Crippen molar-refractivity contribution >= 4 is 23.4 Å². The van der Waals surface area contributed by atoms with Crippen LogP contribution in [0.25, 0.3) is 0 Å². The number of hydrogen-bond donors (Lipinski definition) is 1. The fourth-order valence-corrected chi connectivity index (χ4v) is 3.55. The predicted molar refractivity (Wildman–Crippen MR) is 87.9 cm³/mol. The third kappa shape index (κ3) is 2.56. The summed E-state index contributed by atoms with van der Waals surface area (Å²) in [6, 6.07) is 4.19. The predicted octanol–water partition coefficient (Wildman–Crippen LogP) is 1.69. The highest BCUT2D eigenvalue weighted by Crippen LogP contribution is 2.37. The minimum Gasteiger partial charge on any atom is -0.454 e. The topological polar surface area (TPSA) is 84.9 Å². The summed E-state index contributed by atoms with van der Waals surface area (Å²) in [6.07, 6.45) is 4.96. The summed E-state index contributed by atoms with van der Waals surface area (Å²) < 4.78 is 10.5. The van der Waals surface area contributed by atoms with Gasteiger partial charge in [-0.25, -0.2) is 0 Å². The number of imide groups is 1. The van der Waals surface area contributed by atoms with Crippen LogP contribution in [0.2, 0.25) is 0 Å². The molecule has 7 heteroatoms. The monoisotopic (exact) mass is 342 g/mol. The van der Waals surface area contributed by atoms with E-state index >= 15 is 0 Å². The Bertz CT molecular complexity index is 762. The Balaban J connectivity index is 1.49. The zero-order valence-corrected chi connectivity index (χ0v) is 13.7. The van der Waals surface area contributed by atoms with E-state index in [4.69, 9.17) is 9.47 Å². The van der Waals surface area contributed by atoms with Crippen molar-refractivity contribution in [3.8, 4) is 11.5 Å². The Morgan fingerprint density at radius 3 is 2.44 bits per heavy atom. The van der Waals surface area contributed by atoms with Gasteiger partial charge < -0.3 is 14.8 Å². The molecule has 130 valence electrons. The molecule has 0 aromatic heterocycles. The number of amides is 3. The molecule has 2 heterocycles. The molecule has 0 bridgehead atoms. The van der Waals surface area contributed by atoms with Crippen molar-refractivity contribution in [3.05, 3.63) is 30.4 Å². The van der Waals surface area contributed by atoms with Crippen molar-refractivity contribution in [1.82, 2.24) is 4.90 Å². The summed E-state index contributed by atoms with van der Waals surface area (Å²) in [7, 11) is 0. The fourth-order valence-electron chi connectivity index (χ4n) is 3.55. The Morgan fingerprint density at radius 2 is 1.76 bits per heavy atom. The Hall–Kier alpha value is -2.83. The van der Waals surface area contributed by atoms with E-state index in [0.717, 1.165) is 4.90 Å². The van der Waals surface area contributed by atoms with E-state index in [0.29, 0.717) is 30.0 Å². The number of carbonyl (C=O) groups is 3. The van der Waals surface area contributed by atoms with Gasteiger partial charge in [0.1, 0.15) is 6.04 Å². The largest absolute Gasteiger partial charge is 0.454 e. The average Bonchev–Trinajstić information content (AvgIpc) is 3.18. The first-order chi connectivity index (χ1) is 12.1. The minimum atomic E-state index is -0.865. The summed E-state index contributed by atoms with van der Waals surface area (Å²) in [4.78, 5) is 38.8. The molecular formula is C18H18N2O5. The van der Waals surface area contributed by atoms with Crippen LogP contribution in [0.3, 0.4) is 0 Å². The molecule has 1 N–H and O–H groups in total. The van der Waals surface area contributed by atoms with Crippen LogP contribution in [-0.2, 0) is 14.4 Å². The SMILES string of the molecule is C[C@@H](C(=O)Nc1ccc2c(c1)OCO2)N1C(=O)[C@H]2CC=CC[C@@H]2C1=O. The van der Waals surface area contributed by atoms with Gasteiger partial charge in [0, 0.05) is 11.8 Å². The maximum Gasteiger partial charge on any atom is 0.247 e. The highest BCUT2D eigenvalue weighted by atomic mass is 16.7. The second-order valence-corrected chi connectivity index (χ2v) is 6.44. The number of rotatable bonds is 3. The van der Waals surface area contributed by atoms with E-state index < -0.39 is 11.9 Å². The van der Waals surface area contributed by atoms with Gasteiger partial charge in [0.05, 0.1) is 11.8 Å². The highest BCUT2D eigenvalue weighted by molar-refractivity contribution is 6.10. The molecule has 0 spiro atoms. The number of carbonyl (C=O) groups excluding carboxylic acids is 3. The van der Waals surface area contributed by atoms with Crippen molar-refractivity contribution in [2.45, 2.75) is 25.8 Å². The van der Waals surface area contributed by atoms with Crippen molar-refractivity contribution in [1.29, 1.82) is 0 Å². The number of allylic oxidation sites excluding steroid dienone is 2. The number of benzene rings is 1. The summed E-state index contributed by atoms with van der Waals surface area (Å²) in [5.41, 5.74) is 0.527.